The lowest BCUT2D eigenvalue weighted by Crippen LogP contribution is -2.22. The Morgan fingerprint density at radius 3 is 2.35 bits per heavy atom. The van der Waals surface area contributed by atoms with Crippen LogP contribution in [0, 0.1) is 6.92 Å². The number of ether oxygens (including phenoxy) is 1. The highest BCUT2D eigenvalue weighted by atomic mass is 19.3. The van der Waals surface area contributed by atoms with Crippen LogP contribution in [-0.4, -0.2) is 25.0 Å². The van der Waals surface area contributed by atoms with E-state index < -0.39 is 12.5 Å². The van der Waals surface area contributed by atoms with Gasteiger partial charge in [0.1, 0.15) is 5.75 Å². The topological polar surface area (TPSA) is 79.5 Å². The van der Waals surface area contributed by atoms with E-state index >= 15 is 0 Å². The third-order valence-corrected chi connectivity index (χ3v) is 3.46. The summed E-state index contributed by atoms with van der Waals surface area (Å²) in [5.74, 6) is -0.738. The fraction of sp³-hybridized carbons (Fsp3) is 0.222. The molecule has 2 rings (SSSR count). The van der Waals surface area contributed by atoms with Crippen LogP contribution in [0.25, 0.3) is 0 Å². The molecule has 3 N–H and O–H groups in total. The predicted octanol–water partition coefficient (Wildman–Crippen LogP) is 3.61. The maximum absolute atomic E-state index is 12.4. The van der Waals surface area contributed by atoms with E-state index in [9.17, 15) is 18.4 Å². The molecule has 8 heteroatoms. The Morgan fingerprint density at radius 1 is 1.00 bits per heavy atom. The van der Waals surface area contributed by atoms with Gasteiger partial charge in [-0.2, -0.15) is 8.78 Å². The number of hydrogen-bond donors (Lipinski definition) is 3. The van der Waals surface area contributed by atoms with E-state index in [0.29, 0.717) is 11.4 Å². The van der Waals surface area contributed by atoms with E-state index in [0.717, 1.165) is 5.56 Å². The van der Waals surface area contributed by atoms with Gasteiger partial charge in [0, 0.05) is 18.3 Å². The van der Waals surface area contributed by atoms with E-state index in [2.05, 4.69) is 20.7 Å². The van der Waals surface area contributed by atoms with Gasteiger partial charge in [0.15, 0.2) is 0 Å². The van der Waals surface area contributed by atoms with Gasteiger partial charge in [0.05, 0.1) is 12.2 Å². The number of carbonyl (C=O) groups excluding carboxylic acids is 2. The molecule has 0 aliphatic carbocycles. The SMILES string of the molecule is CC(=O)Nc1cccc(NCC(=O)Nc2ccccc2OC(F)F)c1C. The Balaban J connectivity index is 2.01. The minimum absolute atomic E-state index is 0.0899. The molecular weight excluding hydrogens is 344 g/mol. The molecule has 0 fully saturated rings. The highest BCUT2D eigenvalue weighted by Crippen LogP contribution is 2.26. The average molecular weight is 363 g/mol. The zero-order chi connectivity index (χ0) is 19.1. The first-order chi connectivity index (χ1) is 12.4. The second-order valence-corrected chi connectivity index (χ2v) is 5.44. The van der Waals surface area contributed by atoms with E-state index in [1.165, 1.54) is 25.1 Å². The average Bonchev–Trinajstić information content (AvgIpc) is 2.56. The highest BCUT2D eigenvalue weighted by molar-refractivity contribution is 5.95. The number of hydrogen-bond acceptors (Lipinski definition) is 4. The second kappa shape index (κ2) is 8.80. The van der Waals surface area contributed by atoms with Crippen molar-refractivity contribution in [1.82, 2.24) is 0 Å². The van der Waals surface area contributed by atoms with E-state index in [-0.39, 0.29) is 23.9 Å². The maximum Gasteiger partial charge on any atom is 0.387 e. The van der Waals surface area contributed by atoms with Gasteiger partial charge in [-0.25, -0.2) is 0 Å². The smallest absolute Gasteiger partial charge is 0.387 e. The lowest BCUT2D eigenvalue weighted by Gasteiger charge is -2.14. The van der Waals surface area contributed by atoms with Crippen LogP contribution in [0.2, 0.25) is 0 Å². The van der Waals surface area contributed by atoms with E-state index in [4.69, 9.17) is 0 Å². The van der Waals surface area contributed by atoms with Crippen LogP contribution in [0.1, 0.15) is 12.5 Å². The molecule has 138 valence electrons. The normalized spacial score (nSPS) is 10.3. The molecule has 0 bridgehead atoms. The number of para-hydroxylation sites is 2. The van der Waals surface area contributed by atoms with Crippen molar-refractivity contribution in [3.63, 3.8) is 0 Å². The van der Waals surface area contributed by atoms with Gasteiger partial charge < -0.3 is 20.7 Å². The van der Waals surface area contributed by atoms with Crippen LogP contribution in [0.15, 0.2) is 42.5 Å². The third-order valence-electron chi connectivity index (χ3n) is 3.46. The molecule has 0 saturated carbocycles. The van der Waals surface area contributed by atoms with Crippen molar-refractivity contribution in [2.24, 2.45) is 0 Å². The van der Waals surface area contributed by atoms with Gasteiger partial charge in [0.2, 0.25) is 11.8 Å². The van der Waals surface area contributed by atoms with Gasteiger partial charge >= 0.3 is 6.61 Å². The molecule has 0 radical (unpaired) electrons. The Bertz CT molecular complexity index is 797. The van der Waals surface area contributed by atoms with E-state index in [1.807, 2.05) is 0 Å². The van der Waals surface area contributed by atoms with Crippen LogP contribution in [0.5, 0.6) is 5.75 Å². The lowest BCUT2D eigenvalue weighted by molar-refractivity contribution is -0.115. The zero-order valence-corrected chi connectivity index (χ0v) is 14.3. The number of nitrogens with one attached hydrogen (secondary N) is 3. The first-order valence-corrected chi connectivity index (χ1v) is 7.81. The molecule has 26 heavy (non-hydrogen) atoms. The number of benzene rings is 2. The summed E-state index contributed by atoms with van der Waals surface area (Å²) in [6, 6.07) is 11.2. The molecule has 2 aromatic carbocycles. The largest absolute Gasteiger partial charge is 0.433 e. The van der Waals surface area contributed by atoms with E-state index in [1.54, 1.807) is 31.2 Å². The molecule has 6 nitrogen and oxygen atoms in total. The minimum atomic E-state index is -2.98. The molecule has 0 spiro atoms. The fourth-order valence-corrected chi connectivity index (χ4v) is 2.29. The number of rotatable bonds is 7. The number of amides is 2. The van der Waals surface area contributed by atoms with Gasteiger partial charge in [-0.05, 0) is 36.8 Å². The van der Waals surface area contributed by atoms with Gasteiger partial charge in [0.25, 0.3) is 0 Å². The molecule has 0 aliphatic rings. The number of halogens is 2. The van der Waals surface area contributed by atoms with Gasteiger partial charge in [-0.15, -0.1) is 0 Å². The second-order valence-electron chi connectivity index (χ2n) is 5.44. The van der Waals surface area contributed by atoms with Crippen LogP contribution >= 0.6 is 0 Å². The quantitative estimate of drug-likeness (QED) is 0.702. The van der Waals surface area contributed by atoms with Crippen molar-refractivity contribution in [2.75, 3.05) is 22.5 Å². The van der Waals surface area contributed by atoms with Gasteiger partial charge in [-0.1, -0.05) is 18.2 Å². The first-order valence-electron chi connectivity index (χ1n) is 7.81. The van der Waals surface area contributed by atoms with Crippen molar-refractivity contribution < 1.29 is 23.1 Å². The minimum Gasteiger partial charge on any atom is -0.433 e. The molecule has 2 aromatic rings. The molecule has 0 unspecified atom stereocenters. The molecular formula is C18H19F2N3O3. The standard InChI is InChI=1S/C18H19F2N3O3/c1-11-13(7-5-8-14(11)22-12(2)24)21-10-17(25)23-15-6-3-4-9-16(15)26-18(19)20/h3-9,18,21H,10H2,1-2H3,(H,22,24)(H,23,25). The number of carbonyl (C=O) groups is 2. The van der Waals surface area contributed by atoms with Crippen molar-refractivity contribution >= 4 is 28.9 Å². The lowest BCUT2D eigenvalue weighted by atomic mass is 10.1. The van der Waals surface area contributed by atoms with Crippen molar-refractivity contribution in [3.8, 4) is 5.75 Å². The Kier molecular flexibility index (Phi) is 6.48. The number of anilines is 3. The van der Waals surface area contributed by atoms with Crippen LogP contribution in [0.3, 0.4) is 0 Å². The summed E-state index contributed by atoms with van der Waals surface area (Å²) >= 11 is 0. The van der Waals surface area contributed by atoms with Crippen LogP contribution in [-0.2, 0) is 9.59 Å². The summed E-state index contributed by atoms with van der Waals surface area (Å²) in [6.45, 7) is 0.140. The maximum atomic E-state index is 12.4. The van der Waals surface area contributed by atoms with Crippen molar-refractivity contribution in [1.29, 1.82) is 0 Å². The molecule has 2 amide bonds. The predicted molar refractivity (Wildman–Crippen MR) is 95.7 cm³/mol. The number of alkyl halides is 2. The molecule has 0 atom stereocenters. The fourth-order valence-electron chi connectivity index (χ4n) is 2.29. The van der Waals surface area contributed by atoms with Gasteiger partial charge in [-0.3, -0.25) is 9.59 Å². The summed E-state index contributed by atoms with van der Waals surface area (Å²) in [5, 5.41) is 8.18. The Morgan fingerprint density at radius 2 is 1.65 bits per heavy atom. The monoisotopic (exact) mass is 363 g/mol. The molecule has 0 saturated heterocycles. The Hall–Kier alpha value is -3.16. The third kappa shape index (κ3) is 5.44. The first kappa shape index (κ1) is 19.2. The summed E-state index contributed by atoms with van der Waals surface area (Å²) in [7, 11) is 0. The molecule has 0 aliphatic heterocycles. The summed E-state index contributed by atoms with van der Waals surface area (Å²) in [5.41, 5.74) is 2.24. The highest BCUT2D eigenvalue weighted by Gasteiger charge is 2.12. The zero-order valence-electron chi connectivity index (χ0n) is 14.3. The Labute approximate surface area is 149 Å². The van der Waals surface area contributed by atoms with Crippen LogP contribution < -0.4 is 20.7 Å². The molecule has 0 heterocycles. The van der Waals surface area contributed by atoms with Crippen molar-refractivity contribution in [2.45, 2.75) is 20.5 Å². The molecule has 0 aromatic heterocycles. The summed E-state index contributed by atoms with van der Waals surface area (Å²) < 4.78 is 29.2. The summed E-state index contributed by atoms with van der Waals surface area (Å²) in [6.07, 6.45) is 0. The summed E-state index contributed by atoms with van der Waals surface area (Å²) in [4.78, 5) is 23.3. The van der Waals surface area contributed by atoms with Crippen molar-refractivity contribution in [3.05, 3.63) is 48.0 Å². The van der Waals surface area contributed by atoms with Crippen LogP contribution in [0.4, 0.5) is 25.8 Å².